The summed E-state index contributed by atoms with van der Waals surface area (Å²) in [4.78, 5) is 26.1. The Bertz CT molecular complexity index is 719. The molecule has 1 heterocycles. The second-order valence-corrected chi connectivity index (χ2v) is 5.98. The maximum Gasteiger partial charge on any atom is 0.316 e. The lowest BCUT2D eigenvalue weighted by Gasteiger charge is -2.16. The number of ether oxygens (including phenoxy) is 1. The molecule has 23 heavy (non-hydrogen) atoms. The number of aryl methyl sites for hydroxylation is 2. The second kappa shape index (κ2) is 6.24. The molecule has 0 aromatic heterocycles. The van der Waals surface area contributed by atoms with Gasteiger partial charge in [-0.1, -0.05) is 35.4 Å². The lowest BCUT2D eigenvalue weighted by molar-refractivity contribution is -0.139. The molecule has 1 saturated heterocycles. The summed E-state index contributed by atoms with van der Waals surface area (Å²) in [5, 5.41) is 0. The Morgan fingerprint density at radius 3 is 2.17 bits per heavy atom. The molecule has 1 atom stereocenters. The molecule has 1 aliphatic heterocycles. The SMILES string of the molecule is Cc1ccc(OC(=O)C2CC(=O)N(c3ccc(C)cc3)C2)cc1. The van der Waals surface area contributed by atoms with E-state index in [1.54, 1.807) is 17.0 Å². The van der Waals surface area contributed by atoms with Gasteiger partial charge in [0.1, 0.15) is 5.75 Å². The van der Waals surface area contributed by atoms with Crippen LogP contribution >= 0.6 is 0 Å². The zero-order valence-corrected chi connectivity index (χ0v) is 13.3. The van der Waals surface area contributed by atoms with Crippen LogP contribution in [0.25, 0.3) is 0 Å². The maximum atomic E-state index is 12.3. The van der Waals surface area contributed by atoms with Crippen LogP contribution in [0.2, 0.25) is 0 Å². The van der Waals surface area contributed by atoms with Crippen molar-refractivity contribution in [1.82, 2.24) is 0 Å². The first-order valence-electron chi connectivity index (χ1n) is 7.68. The number of nitrogens with zero attached hydrogens (tertiary/aromatic N) is 1. The van der Waals surface area contributed by atoms with Crippen molar-refractivity contribution >= 4 is 17.6 Å². The number of hydrogen-bond donors (Lipinski definition) is 0. The molecule has 0 radical (unpaired) electrons. The minimum atomic E-state index is -0.426. The molecule has 118 valence electrons. The van der Waals surface area contributed by atoms with Gasteiger partial charge in [-0.05, 0) is 38.1 Å². The van der Waals surface area contributed by atoms with Gasteiger partial charge in [0.15, 0.2) is 0 Å². The third-order valence-electron chi connectivity index (χ3n) is 4.04. The van der Waals surface area contributed by atoms with Crippen LogP contribution < -0.4 is 9.64 Å². The van der Waals surface area contributed by atoms with Crippen molar-refractivity contribution in [2.24, 2.45) is 5.92 Å². The van der Waals surface area contributed by atoms with Crippen LogP contribution in [0.1, 0.15) is 17.5 Å². The van der Waals surface area contributed by atoms with Crippen molar-refractivity contribution in [2.75, 3.05) is 11.4 Å². The standard InChI is InChI=1S/C19H19NO3/c1-13-3-7-16(8-4-13)20-12-15(11-18(20)21)19(22)23-17-9-5-14(2)6-10-17/h3-10,15H,11-12H2,1-2H3. The van der Waals surface area contributed by atoms with E-state index in [0.717, 1.165) is 16.8 Å². The van der Waals surface area contributed by atoms with E-state index in [2.05, 4.69) is 0 Å². The van der Waals surface area contributed by atoms with Gasteiger partial charge in [-0.15, -0.1) is 0 Å². The summed E-state index contributed by atoms with van der Waals surface area (Å²) < 4.78 is 5.39. The number of esters is 1. The summed E-state index contributed by atoms with van der Waals surface area (Å²) in [6, 6.07) is 15.0. The fraction of sp³-hybridized carbons (Fsp3) is 0.263. The Balaban J connectivity index is 1.68. The van der Waals surface area contributed by atoms with Gasteiger partial charge in [-0.2, -0.15) is 0 Å². The van der Waals surface area contributed by atoms with Gasteiger partial charge in [-0.25, -0.2) is 0 Å². The van der Waals surface area contributed by atoms with E-state index in [1.165, 1.54) is 0 Å². The van der Waals surface area contributed by atoms with Crippen molar-refractivity contribution in [3.63, 3.8) is 0 Å². The molecule has 1 aliphatic rings. The number of amides is 1. The minimum Gasteiger partial charge on any atom is -0.426 e. The van der Waals surface area contributed by atoms with Crippen LogP contribution in [-0.4, -0.2) is 18.4 Å². The third-order valence-corrected chi connectivity index (χ3v) is 4.04. The predicted octanol–water partition coefficient (Wildman–Crippen LogP) is 3.26. The van der Waals surface area contributed by atoms with E-state index < -0.39 is 5.92 Å². The molecule has 0 spiro atoms. The molecule has 0 saturated carbocycles. The molecular formula is C19H19NO3. The van der Waals surface area contributed by atoms with Crippen LogP contribution in [0.15, 0.2) is 48.5 Å². The molecule has 1 fully saturated rings. The number of anilines is 1. The van der Waals surface area contributed by atoms with Crippen molar-refractivity contribution in [3.05, 3.63) is 59.7 Å². The first kappa shape index (κ1) is 15.3. The quantitative estimate of drug-likeness (QED) is 0.646. The smallest absolute Gasteiger partial charge is 0.316 e. The highest BCUT2D eigenvalue weighted by molar-refractivity contribution is 5.99. The lowest BCUT2D eigenvalue weighted by atomic mass is 10.1. The van der Waals surface area contributed by atoms with Gasteiger partial charge >= 0.3 is 5.97 Å². The van der Waals surface area contributed by atoms with Gasteiger partial charge < -0.3 is 9.64 Å². The normalized spacial score (nSPS) is 17.4. The number of carbonyl (C=O) groups is 2. The van der Waals surface area contributed by atoms with Crippen molar-refractivity contribution in [2.45, 2.75) is 20.3 Å². The Morgan fingerprint density at radius 2 is 1.57 bits per heavy atom. The molecule has 2 aromatic rings. The van der Waals surface area contributed by atoms with E-state index in [4.69, 9.17) is 4.74 Å². The second-order valence-electron chi connectivity index (χ2n) is 5.98. The summed E-state index contributed by atoms with van der Waals surface area (Å²) in [5.74, 6) is -0.302. The van der Waals surface area contributed by atoms with Crippen molar-refractivity contribution < 1.29 is 14.3 Å². The van der Waals surface area contributed by atoms with Gasteiger partial charge in [-0.3, -0.25) is 9.59 Å². The fourth-order valence-electron chi connectivity index (χ4n) is 2.65. The predicted molar refractivity (Wildman–Crippen MR) is 88.5 cm³/mol. The largest absolute Gasteiger partial charge is 0.426 e. The first-order valence-corrected chi connectivity index (χ1v) is 7.68. The maximum absolute atomic E-state index is 12.3. The summed E-state index contributed by atoms with van der Waals surface area (Å²) >= 11 is 0. The van der Waals surface area contributed by atoms with Crippen LogP contribution in [0, 0.1) is 19.8 Å². The van der Waals surface area contributed by atoms with Crippen LogP contribution in [0.4, 0.5) is 5.69 Å². The Hall–Kier alpha value is -2.62. The summed E-state index contributed by atoms with van der Waals surface area (Å²) in [6.45, 7) is 4.34. The Labute approximate surface area is 135 Å². The highest BCUT2D eigenvalue weighted by atomic mass is 16.5. The monoisotopic (exact) mass is 309 g/mol. The van der Waals surface area contributed by atoms with Crippen LogP contribution in [0.3, 0.4) is 0 Å². The van der Waals surface area contributed by atoms with Crippen molar-refractivity contribution in [1.29, 1.82) is 0 Å². The number of hydrogen-bond acceptors (Lipinski definition) is 3. The lowest BCUT2D eigenvalue weighted by Crippen LogP contribution is -2.27. The van der Waals surface area contributed by atoms with E-state index in [-0.39, 0.29) is 18.3 Å². The molecule has 0 N–H and O–H groups in total. The molecule has 4 nitrogen and oxygen atoms in total. The van der Waals surface area contributed by atoms with Crippen LogP contribution in [-0.2, 0) is 9.59 Å². The molecule has 1 unspecified atom stereocenters. The highest BCUT2D eigenvalue weighted by Gasteiger charge is 2.36. The summed E-state index contributed by atoms with van der Waals surface area (Å²) in [6.07, 6.45) is 0.193. The fourth-order valence-corrected chi connectivity index (χ4v) is 2.65. The Kier molecular flexibility index (Phi) is 4.15. The van der Waals surface area contributed by atoms with Gasteiger partial charge in [0.25, 0.3) is 0 Å². The molecule has 0 bridgehead atoms. The van der Waals surface area contributed by atoms with Gasteiger partial charge in [0.05, 0.1) is 5.92 Å². The molecule has 2 aromatic carbocycles. The summed E-state index contributed by atoms with van der Waals surface area (Å²) in [5.41, 5.74) is 3.06. The number of carbonyl (C=O) groups excluding carboxylic acids is 2. The molecule has 4 heteroatoms. The zero-order valence-electron chi connectivity index (χ0n) is 13.3. The number of rotatable bonds is 3. The van der Waals surface area contributed by atoms with E-state index in [0.29, 0.717) is 12.3 Å². The Morgan fingerprint density at radius 1 is 1.00 bits per heavy atom. The molecule has 0 aliphatic carbocycles. The first-order chi connectivity index (χ1) is 11.0. The zero-order chi connectivity index (χ0) is 16.4. The average Bonchev–Trinajstić information content (AvgIpc) is 2.92. The third kappa shape index (κ3) is 3.42. The van der Waals surface area contributed by atoms with E-state index >= 15 is 0 Å². The van der Waals surface area contributed by atoms with E-state index in [1.807, 2.05) is 50.2 Å². The summed E-state index contributed by atoms with van der Waals surface area (Å²) in [7, 11) is 0. The van der Waals surface area contributed by atoms with Crippen molar-refractivity contribution in [3.8, 4) is 5.75 Å². The minimum absolute atomic E-state index is 0.0419. The number of benzene rings is 2. The molecular weight excluding hydrogens is 290 g/mol. The average molecular weight is 309 g/mol. The topological polar surface area (TPSA) is 46.6 Å². The van der Waals surface area contributed by atoms with Crippen LogP contribution in [0.5, 0.6) is 5.75 Å². The van der Waals surface area contributed by atoms with E-state index in [9.17, 15) is 9.59 Å². The molecule has 1 amide bonds. The highest BCUT2D eigenvalue weighted by Crippen LogP contribution is 2.26. The van der Waals surface area contributed by atoms with Gasteiger partial charge in [0, 0.05) is 18.7 Å². The van der Waals surface area contributed by atoms with Gasteiger partial charge in [0.2, 0.25) is 5.91 Å². The molecule has 3 rings (SSSR count).